The third-order valence-electron chi connectivity index (χ3n) is 2.14. The van der Waals surface area contributed by atoms with E-state index in [1.807, 2.05) is 19.1 Å². The van der Waals surface area contributed by atoms with Crippen LogP contribution in [0.2, 0.25) is 0 Å². The van der Waals surface area contributed by atoms with E-state index in [9.17, 15) is 0 Å². The summed E-state index contributed by atoms with van der Waals surface area (Å²) < 4.78 is 6.83. The topological polar surface area (TPSA) is 27.1 Å². The molecule has 0 saturated carbocycles. The highest BCUT2D eigenvalue weighted by Crippen LogP contribution is 2.24. The fraction of sp³-hybridized carbons (Fsp3) is 0.182. The zero-order valence-corrected chi connectivity index (χ0v) is 9.16. The van der Waals surface area contributed by atoms with Gasteiger partial charge in [-0.1, -0.05) is 6.58 Å². The molecule has 0 aliphatic heterocycles. The number of pyridine rings is 1. The second-order valence-electron chi connectivity index (χ2n) is 3.08. The van der Waals surface area contributed by atoms with E-state index in [-0.39, 0.29) is 0 Å². The van der Waals surface area contributed by atoms with Crippen molar-refractivity contribution in [3.05, 3.63) is 36.8 Å². The maximum absolute atomic E-state index is 6.00. The van der Waals surface area contributed by atoms with Crippen LogP contribution in [0.15, 0.2) is 31.1 Å². The quantitative estimate of drug-likeness (QED) is 0.747. The molecule has 15 heavy (non-hydrogen) atoms. The molecule has 0 aliphatic carbocycles. The minimum absolute atomic E-state index is 0.545. The fourth-order valence-corrected chi connectivity index (χ4v) is 1.73. The van der Waals surface area contributed by atoms with E-state index >= 15 is 0 Å². The summed E-state index contributed by atoms with van der Waals surface area (Å²) in [7, 11) is 0. The molecule has 0 bridgehead atoms. The maximum Gasteiger partial charge on any atom is 0.139 e. The van der Waals surface area contributed by atoms with Crippen LogP contribution >= 0.6 is 11.8 Å². The van der Waals surface area contributed by atoms with Crippen molar-refractivity contribution in [1.82, 2.24) is 9.07 Å². The average Bonchev–Trinajstić information content (AvgIpc) is 2.61. The molecule has 0 atom stereocenters. The van der Waals surface area contributed by atoms with Crippen LogP contribution in [0.25, 0.3) is 16.7 Å². The molecule has 0 aromatic carbocycles. The number of hydrogen-bond donors (Lipinski definition) is 0. The number of fused-ring (bicyclic) bond motifs is 1. The zero-order valence-electron chi connectivity index (χ0n) is 8.40. The molecule has 2 aromatic heterocycles. The first-order valence-corrected chi connectivity index (χ1v) is 5.02. The van der Waals surface area contributed by atoms with Crippen molar-refractivity contribution in [1.29, 1.82) is 0 Å². The lowest BCUT2D eigenvalue weighted by Crippen LogP contribution is -1.95. The van der Waals surface area contributed by atoms with Crippen LogP contribution in [-0.4, -0.2) is 15.7 Å². The van der Waals surface area contributed by atoms with Crippen molar-refractivity contribution in [3.63, 3.8) is 0 Å². The van der Waals surface area contributed by atoms with Gasteiger partial charge >= 0.3 is 0 Å². The lowest BCUT2D eigenvalue weighted by atomic mass is 10.2. The maximum atomic E-state index is 6.00. The third kappa shape index (κ3) is 1.70. The standard InChI is InChI=1S/C11H11ClN2O/c1-3-15-8(2)10-11-9(4-6-13-10)5-7-14(11)12/h4-7H,2-3H2,1H3. The van der Waals surface area contributed by atoms with Crippen LogP contribution in [-0.2, 0) is 4.74 Å². The number of nitrogens with zero attached hydrogens (tertiary/aromatic N) is 2. The Bertz CT molecular complexity index is 504. The number of rotatable bonds is 3. The molecule has 0 N–H and O–H groups in total. The Labute approximate surface area is 93.1 Å². The lowest BCUT2D eigenvalue weighted by Gasteiger charge is -2.07. The molecule has 2 rings (SSSR count). The summed E-state index contributed by atoms with van der Waals surface area (Å²) >= 11 is 6.00. The fourth-order valence-electron chi connectivity index (χ4n) is 1.49. The Hall–Kier alpha value is -1.48. The minimum Gasteiger partial charge on any atom is -0.492 e. The van der Waals surface area contributed by atoms with Crippen LogP contribution in [0.4, 0.5) is 0 Å². The molecule has 0 saturated heterocycles. The molecule has 78 valence electrons. The Morgan fingerprint density at radius 2 is 2.40 bits per heavy atom. The largest absolute Gasteiger partial charge is 0.492 e. The van der Waals surface area contributed by atoms with Crippen LogP contribution in [0, 0.1) is 0 Å². The van der Waals surface area contributed by atoms with Gasteiger partial charge in [-0.2, -0.15) is 0 Å². The average molecular weight is 223 g/mol. The predicted molar refractivity (Wildman–Crippen MR) is 61.6 cm³/mol. The molecule has 0 amide bonds. The van der Waals surface area contributed by atoms with E-state index in [0.717, 1.165) is 10.9 Å². The number of ether oxygens (including phenoxy) is 1. The highest BCUT2D eigenvalue weighted by atomic mass is 35.5. The van der Waals surface area contributed by atoms with E-state index in [1.54, 1.807) is 12.4 Å². The molecule has 4 heteroatoms. The van der Waals surface area contributed by atoms with Gasteiger partial charge in [-0.25, -0.2) is 0 Å². The Morgan fingerprint density at radius 3 is 3.13 bits per heavy atom. The number of halogens is 1. The second-order valence-corrected chi connectivity index (χ2v) is 3.44. The highest BCUT2D eigenvalue weighted by molar-refractivity contribution is 6.19. The number of hydrogen-bond acceptors (Lipinski definition) is 2. The first-order chi connectivity index (χ1) is 7.24. The van der Waals surface area contributed by atoms with E-state index in [0.29, 0.717) is 18.1 Å². The first kappa shape index (κ1) is 10.1. The van der Waals surface area contributed by atoms with Gasteiger partial charge in [0.15, 0.2) is 0 Å². The van der Waals surface area contributed by atoms with Gasteiger partial charge in [-0.15, -0.1) is 0 Å². The highest BCUT2D eigenvalue weighted by Gasteiger charge is 2.10. The van der Waals surface area contributed by atoms with E-state index in [1.165, 1.54) is 4.09 Å². The Balaban J connectivity index is 2.59. The zero-order chi connectivity index (χ0) is 10.8. The molecule has 2 heterocycles. The van der Waals surface area contributed by atoms with Gasteiger partial charge in [0.1, 0.15) is 11.5 Å². The SMILES string of the molecule is C=C(OCC)c1nccc2ccn(Cl)c12. The molecular weight excluding hydrogens is 212 g/mol. The minimum atomic E-state index is 0.545. The summed E-state index contributed by atoms with van der Waals surface area (Å²) in [4.78, 5) is 4.23. The lowest BCUT2D eigenvalue weighted by molar-refractivity contribution is 0.298. The molecule has 0 fully saturated rings. The van der Waals surface area contributed by atoms with Crippen molar-refractivity contribution in [3.8, 4) is 0 Å². The molecule has 0 radical (unpaired) electrons. The first-order valence-electron chi connectivity index (χ1n) is 4.68. The van der Waals surface area contributed by atoms with Crippen molar-refractivity contribution in [2.75, 3.05) is 6.61 Å². The van der Waals surface area contributed by atoms with Gasteiger partial charge in [0.25, 0.3) is 0 Å². The van der Waals surface area contributed by atoms with Crippen molar-refractivity contribution >= 4 is 28.4 Å². The van der Waals surface area contributed by atoms with Gasteiger partial charge in [-0.3, -0.25) is 9.07 Å². The monoisotopic (exact) mass is 222 g/mol. The Morgan fingerprint density at radius 1 is 1.60 bits per heavy atom. The van der Waals surface area contributed by atoms with Gasteiger partial charge in [-0.05, 0) is 19.1 Å². The Kier molecular flexibility index (Phi) is 2.64. The van der Waals surface area contributed by atoms with Crippen molar-refractivity contribution < 1.29 is 4.74 Å². The predicted octanol–water partition coefficient (Wildman–Crippen LogP) is 3.05. The van der Waals surface area contributed by atoms with Crippen LogP contribution in [0.5, 0.6) is 0 Å². The van der Waals surface area contributed by atoms with Crippen LogP contribution in [0.1, 0.15) is 12.6 Å². The summed E-state index contributed by atoms with van der Waals surface area (Å²) in [5.41, 5.74) is 1.52. The molecule has 0 aliphatic rings. The van der Waals surface area contributed by atoms with Gasteiger partial charge in [0, 0.05) is 29.6 Å². The van der Waals surface area contributed by atoms with E-state index in [4.69, 9.17) is 16.5 Å². The molecule has 0 unspecified atom stereocenters. The summed E-state index contributed by atoms with van der Waals surface area (Å²) in [6.45, 7) is 6.31. The summed E-state index contributed by atoms with van der Waals surface area (Å²) in [5, 5.41) is 1.02. The second kappa shape index (κ2) is 3.95. The van der Waals surface area contributed by atoms with Gasteiger partial charge in [0.2, 0.25) is 0 Å². The number of aromatic nitrogens is 2. The summed E-state index contributed by atoms with van der Waals surface area (Å²) in [5.74, 6) is 0.545. The van der Waals surface area contributed by atoms with Crippen molar-refractivity contribution in [2.24, 2.45) is 0 Å². The van der Waals surface area contributed by atoms with Gasteiger partial charge in [0.05, 0.1) is 12.1 Å². The molecule has 0 spiro atoms. The van der Waals surface area contributed by atoms with Crippen LogP contribution in [0.3, 0.4) is 0 Å². The van der Waals surface area contributed by atoms with Gasteiger partial charge < -0.3 is 4.74 Å². The third-order valence-corrected chi connectivity index (χ3v) is 2.42. The van der Waals surface area contributed by atoms with Crippen molar-refractivity contribution in [2.45, 2.75) is 6.92 Å². The normalized spacial score (nSPS) is 10.5. The summed E-state index contributed by atoms with van der Waals surface area (Å²) in [6.07, 6.45) is 3.50. The van der Waals surface area contributed by atoms with E-state index < -0.39 is 0 Å². The summed E-state index contributed by atoms with van der Waals surface area (Å²) in [6, 6.07) is 3.82. The molecule has 2 aromatic rings. The molecular formula is C11H11ClN2O. The smallest absolute Gasteiger partial charge is 0.139 e. The van der Waals surface area contributed by atoms with Crippen LogP contribution < -0.4 is 0 Å². The molecule has 3 nitrogen and oxygen atoms in total. The van der Waals surface area contributed by atoms with E-state index in [2.05, 4.69) is 11.6 Å².